The molecule has 0 amide bonds. The topological polar surface area (TPSA) is 42.7 Å². The first-order valence-electron chi connectivity index (χ1n) is 6.32. The van der Waals surface area contributed by atoms with Crippen LogP contribution in [0.1, 0.15) is 29.9 Å². The fourth-order valence-electron chi connectivity index (χ4n) is 2.05. The first-order chi connectivity index (χ1) is 8.74. The fraction of sp³-hybridized carbons (Fsp3) is 0.429. The Kier molecular flexibility index (Phi) is 4.10. The van der Waals surface area contributed by atoms with E-state index in [1.807, 2.05) is 37.4 Å². The number of aryl methyl sites for hydroxylation is 2. The van der Waals surface area contributed by atoms with Crippen molar-refractivity contribution in [1.29, 1.82) is 0 Å². The molecule has 0 aliphatic heterocycles. The average molecular weight is 244 g/mol. The van der Waals surface area contributed by atoms with Gasteiger partial charge in [0.2, 0.25) is 0 Å². The van der Waals surface area contributed by atoms with Gasteiger partial charge in [0.15, 0.2) is 0 Å². The van der Waals surface area contributed by atoms with E-state index in [2.05, 4.69) is 34.3 Å². The summed E-state index contributed by atoms with van der Waals surface area (Å²) >= 11 is 0. The molecule has 2 heterocycles. The number of rotatable bonds is 5. The summed E-state index contributed by atoms with van der Waals surface area (Å²) in [7, 11) is 3.98. The third-order valence-electron chi connectivity index (χ3n) is 3.27. The van der Waals surface area contributed by atoms with Crippen molar-refractivity contribution < 1.29 is 0 Å². The summed E-state index contributed by atoms with van der Waals surface area (Å²) in [6.07, 6.45) is 7.60. The smallest absolute Gasteiger partial charge is 0.0946 e. The van der Waals surface area contributed by atoms with Crippen molar-refractivity contribution >= 4 is 0 Å². The molecule has 0 spiro atoms. The predicted molar refractivity (Wildman–Crippen MR) is 72.3 cm³/mol. The maximum absolute atomic E-state index is 4.51. The zero-order valence-electron chi connectivity index (χ0n) is 11.2. The zero-order valence-corrected chi connectivity index (χ0v) is 11.2. The van der Waals surface area contributed by atoms with Gasteiger partial charge < -0.3 is 9.88 Å². The van der Waals surface area contributed by atoms with E-state index in [-0.39, 0.29) is 6.04 Å². The molecular formula is C14H20N4. The van der Waals surface area contributed by atoms with Crippen LogP contribution >= 0.6 is 0 Å². The van der Waals surface area contributed by atoms with E-state index in [4.69, 9.17) is 0 Å². The summed E-state index contributed by atoms with van der Waals surface area (Å²) < 4.78 is 2.04. The quantitative estimate of drug-likeness (QED) is 0.873. The van der Waals surface area contributed by atoms with E-state index < -0.39 is 0 Å². The Morgan fingerprint density at radius 1 is 1.33 bits per heavy atom. The second kappa shape index (κ2) is 5.78. The summed E-state index contributed by atoms with van der Waals surface area (Å²) in [5, 5.41) is 3.32. The van der Waals surface area contributed by atoms with Gasteiger partial charge in [0.05, 0.1) is 18.1 Å². The molecule has 0 saturated carbocycles. The molecule has 2 aromatic rings. The van der Waals surface area contributed by atoms with E-state index in [9.17, 15) is 0 Å². The minimum Gasteiger partial charge on any atom is -0.336 e. The lowest BCUT2D eigenvalue weighted by molar-refractivity contribution is 0.549. The highest BCUT2D eigenvalue weighted by Gasteiger charge is 2.13. The zero-order chi connectivity index (χ0) is 13.0. The third-order valence-corrected chi connectivity index (χ3v) is 3.27. The Balaban J connectivity index is 2.13. The first kappa shape index (κ1) is 12.8. The molecule has 2 rings (SSSR count). The lowest BCUT2D eigenvalue weighted by Gasteiger charge is -2.16. The standard InChI is InChI=1S/C14H20N4/c1-4-11-5-6-12(17-8-11)7-13(15-2)14-9-16-10-18(14)3/h5-6,8-10,13,15H,4,7H2,1-3H3. The van der Waals surface area contributed by atoms with Gasteiger partial charge in [-0.3, -0.25) is 4.98 Å². The predicted octanol–water partition coefficient (Wildman–Crippen LogP) is 1.88. The number of aromatic nitrogens is 3. The molecular weight excluding hydrogens is 224 g/mol. The summed E-state index contributed by atoms with van der Waals surface area (Å²) in [5.74, 6) is 0. The number of nitrogens with one attached hydrogen (secondary N) is 1. The molecule has 1 unspecified atom stereocenters. The number of pyridine rings is 1. The van der Waals surface area contributed by atoms with Gasteiger partial charge in [-0.25, -0.2) is 4.98 Å². The van der Waals surface area contributed by atoms with Gasteiger partial charge >= 0.3 is 0 Å². The lowest BCUT2D eigenvalue weighted by Crippen LogP contribution is -2.21. The minimum atomic E-state index is 0.248. The van der Waals surface area contributed by atoms with Crippen LogP contribution in [-0.2, 0) is 19.9 Å². The molecule has 1 atom stereocenters. The van der Waals surface area contributed by atoms with E-state index in [0.717, 1.165) is 18.5 Å². The van der Waals surface area contributed by atoms with Crippen molar-refractivity contribution in [2.75, 3.05) is 7.05 Å². The monoisotopic (exact) mass is 244 g/mol. The van der Waals surface area contributed by atoms with Crippen molar-refractivity contribution in [3.8, 4) is 0 Å². The molecule has 0 bridgehead atoms. The van der Waals surface area contributed by atoms with Crippen LogP contribution in [0, 0.1) is 0 Å². The molecule has 4 nitrogen and oxygen atoms in total. The number of imidazole rings is 1. The van der Waals surface area contributed by atoms with Gasteiger partial charge in [0.25, 0.3) is 0 Å². The third kappa shape index (κ3) is 2.76. The lowest BCUT2D eigenvalue weighted by atomic mass is 10.1. The molecule has 1 N–H and O–H groups in total. The molecule has 0 aliphatic rings. The van der Waals surface area contributed by atoms with Gasteiger partial charge in [-0.05, 0) is 25.1 Å². The summed E-state index contributed by atoms with van der Waals surface area (Å²) in [5.41, 5.74) is 3.56. The summed E-state index contributed by atoms with van der Waals surface area (Å²) in [6, 6.07) is 4.51. The molecule has 0 aliphatic carbocycles. The van der Waals surface area contributed by atoms with Crippen LogP contribution < -0.4 is 5.32 Å². The van der Waals surface area contributed by atoms with E-state index >= 15 is 0 Å². The van der Waals surface area contributed by atoms with E-state index in [0.29, 0.717) is 0 Å². The first-order valence-corrected chi connectivity index (χ1v) is 6.32. The van der Waals surface area contributed by atoms with Crippen molar-refractivity contribution in [2.24, 2.45) is 7.05 Å². The van der Waals surface area contributed by atoms with E-state index in [1.54, 1.807) is 0 Å². The molecule has 0 aromatic carbocycles. The number of hydrogen-bond acceptors (Lipinski definition) is 3. The maximum atomic E-state index is 4.51. The van der Waals surface area contributed by atoms with Crippen molar-refractivity contribution in [3.63, 3.8) is 0 Å². The molecule has 0 fully saturated rings. The molecule has 0 saturated heterocycles. The van der Waals surface area contributed by atoms with Gasteiger partial charge in [-0.15, -0.1) is 0 Å². The SMILES string of the molecule is CCc1ccc(CC(NC)c2cncn2C)nc1. The average Bonchev–Trinajstić information content (AvgIpc) is 2.83. The van der Waals surface area contributed by atoms with Crippen LogP contribution in [0.3, 0.4) is 0 Å². The van der Waals surface area contributed by atoms with Gasteiger partial charge in [-0.2, -0.15) is 0 Å². The molecule has 96 valence electrons. The Morgan fingerprint density at radius 2 is 2.17 bits per heavy atom. The highest BCUT2D eigenvalue weighted by molar-refractivity contribution is 5.17. The Morgan fingerprint density at radius 3 is 2.67 bits per heavy atom. The van der Waals surface area contributed by atoms with Gasteiger partial charge in [0, 0.05) is 31.6 Å². The number of nitrogens with zero attached hydrogens (tertiary/aromatic N) is 3. The molecule has 0 radical (unpaired) electrons. The molecule has 4 heteroatoms. The Labute approximate surface area is 108 Å². The highest BCUT2D eigenvalue weighted by Crippen LogP contribution is 2.16. The van der Waals surface area contributed by atoms with Gasteiger partial charge in [-0.1, -0.05) is 13.0 Å². The summed E-state index contributed by atoms with van der Waals surface area (Å²) in [6.45, 7) is 2.14. The maximum Gasteiger partial charge on any atom is 0.0946 e. The largest absolute Gasteiger partial charge is 0.336 e. The minimum absolute atomic E-state index is 0.248. The van der Waals surface area contributed by atoms with Crippen LogP contribution in [0.4, 0.5) is 0 Å². The molecule has 2 aromatic heterocycles. The normalized spacial score (nSPS) is 12.6. The van der Waals surface area contributed by atoms with Crippen LogP contribution in [0.5, 0.6) is 0 Å². The van der Waals surface area contributed by atoms with Gasteiger partial charge in [0.1, 0.15) is 0 Å². The second-order valence-electron chi connectivity index (χ2n) is 4.49. The number of hydrogen-bond donors (Lipinski definition) is 1. The fourth-order valence-corrected chi connectivity index (χ4v) is 2.05. The van der Waals surface area contributed by atoms with Crippen molar-refractivity contribution in [1.82, 2.24) is 19.9 Å². The van der Waals surface area contributed by atoms with Crippen molar-refractivity contribution in [2.45, 2.75) is 25.8 Å². The molecule has 18 heavy (non-hydrogen) atoms. The summed E-state index contributed by atoms with van der Waals surface area (Å²) in [4.78, 5) is 8.67. The Bertz CT molecular complexity index is 487. The van der Waals surface area contributed by atoms with Crippen molar-refractivity contribution in [3.05, 3.63) is 47.8 Å². The second-order valence-corrected chi connectivity index (χ2v) is 4.49. The number of likely N-dealkylation sites (N-methyl/N-ethyl adjacent to an activating group) is 1. The van der Waals surface area contributed by atoms with E-state index in [1.165, 1.54) is 11.3 Å². The van der Waals surface area contributed by atoms with Crippen LogP contribution in [0.25, 0.3) is 0 Å². The highest BCUT2D eigenvalue weighted by atomic mass is 15.1. The van der Waals surface area contributed by atoms with Crippen LogP contribution in [0.2, 0.25) is 0 Å². The Hall–Kier alpha value is -1.68. The van der Waals surface area contributed by atoms with Crippen LogP contribution in [0.15, 0.2) is 30.9 Å². The van der Waals surface area contributed by atoms with Crippen LogP contribution in [-0.4, -0.2) is 21.6 Å².